The Hall–Kier alpha value is -0.0800. The van der Waals surface area contributed by atoms with Crippen LogP contribution in [0.3, 0.4) is 0 Å². The number of hydrogen-bond acceptors (Lipinski definition) is 3. The zero-order chi connectivity index (χ0) is 17.0. The van der Waals surface area contributed by atoms with E-state index in [4.69, 9.17) is 4.99 Å². The molecule has 0 bridgehead atoms. The van der Waals surface area contributed by atoms with E-state index < -0.39 is 0 Å². The molecule has 3 rings (SSSR count). The van der Waals surface area contributed by atoms with Gasteiger partial charge >= 0.3 is 0 Å². The molecule has 1 N–H and O–H groups in total. The van der Waals surface area contributed by atoms with E-state index in [1.807, 2.05) is 0 Å². The number of nitrogens with one attached hydrogen (secondary N) is 1. The summed E-state index contributed by atoms with van der Waals surface area (Å²) < 4.78 is 0. The van der Waals surface area contributed by atoms with Crippen LogP contribution in [0.5, 0.6) is 0 Å². The van der Waals surface area contributed by atoms with Crippen LogP contribution in [0, 0.1) is 5.41 Å². The number of nitrogens with zero attached hydrogens (tertiary/aromatic N) is 4. The zero-order valence-electron chi connectivity index (χ0n) is 16.5. The van der Waals surface area contributed by atoms with E-state index in [9.17, 15) is 0 Å². The zero-order valence-corrected chi connectivity index (χ0v) is 18.8. The van der Waals surface area contributed by atoms with Gasteiger partial charge in [0.15, 0.2) is 5.96 Å². The van der Waals surface area contributed by atoms with E-state index in [2.05, 4.69) is 40.8 Å². The predicted octanol–water partition coefficient (Wildman–Crippen LogP) is 2.47. The average Bonchev–Trinajstić information content (AvgIpc) is 3.04. The van der Waals surface area contributed by atoms with Gasteiger partial charge in [0, 0.05) is 51.9 Å². The second-order valence-electron chi connectivity index (χ2n) is 8.04. The molecule has 0 radical (unpaired) electrons. The molecule has 5 nitrogen and oxygen atoms in total. The van der Waals surface area contributed by atoms with Gasteiger partial charge in [-0.2, -0.15) is 0 Å². The molecule has 1 spiro atoms. The number of likely N-dealkylation sites (N-methyl/N-ethyl adjacent to an activating group) is 1. The first-order valence-corrected chi connectivity index (χ1v) is 10.2. The third-order valence-corrected chi connectivity index (χ3v) is 6.47. The van der Waals surface area contributed by atoms with Crippen LogP contribution in [0.1, 0.15) is 46.5 Å². The van der Waals surface area contributed by atoms with E-state index >= 15 is 0 Å². The van der Waals surface area contributed by atoms with E-state index in [0.29, 0.717) is 11.5 Å². The van der Waals surface area contributed by atoms with Crippen molar-refractivity contribution < 1.29 is 0 Å². The number of guanidine groups is 1. The molecule has 3 fully saturated rings. The highest BCUT2D eigenvalue weighted by Crippen LogP contribution is 2.47. The van der Waals surface area contributed by atoms with Gasteiger partial charge < -0.3 is 15.1 Å². The first-order chi connectivity index (χ1) is 11.7. The van der Waals surface area contributed by atoms with Gasteiger partial charge in [0.25, 0.3) is 0 Å². The van der Waals surface area contributed by atoms with Crippen molar-refractivity contribution in [3.8, 4) is 0 Å². The van der Waals surface area contributed by atoms with Gasteiger partial charge in [0.1, 0.15) is 0 Å². The minimum Gasteiger partial charge on any atom is -0.357 e. The number of hydrogen-bond donors (Lipinski definition) is 1. The molecule has 0 aromatic heterocycles. The van der Waals surface area contributed by atoms with Crippen molar-refractivity contribution in [1.82, 2.24) is 20.0 Å². The van der Waals surface area contributed by atoms with Crippen molar-refractivity contribution in [2.24, 2.45) is 10.4 Å². The summed E-state index contributed by atoms with van der Waals surface area (Å²) in [5, 5.41) is 3.53. The quantitative estimate of drug-likeness (QED) is 0.386. The third kappa shape index (κ3) is 5.22. The predicted molar refractivity (Wildman–Crippen MR) is 117 cm³/mol. The van der Waals surface area contributed by atoms with Crippen molar-refractivity contribution >= 4 is 29.9 Å². The molecule has 2 aliphatic heterocycles. The fourth-order valence-corrected chi connectivity index (χ4v) is 4.48. The van der Waals surface area contributed by atoms with Crippen LogP contribution >= 0.6 is 24.0 Å². The van der Waals surface area contributed by atoms with Gasteiger partial charge in [-0.15, -0.1) is 24.0 Å². The highest BCUT2D eigenvalue weighted by molar-refractivity contribution is 14.0. The number of halogens is 1. The Morgan fingerprint density at radius 1 is 1.08 bits per heavy atom. The normalized spacial score (nSPS) is 25.6. The molecule has 2 heterocycles. The van der Waals surface area contributed by atoms with Crippen molar-refractivity contribution in [2.75, 3.05) is 58.9 Å². The topological polar surface area (TPSA) is 34.1 Å². The molecule has 1 atom stereocenters. The van der Waals surface area contributed by atoms with Crippen LogP contribution in [0.4, 0.5) is 0 Å². The second kappa shape index (κ2) is 9.74. The molecule has 146 valence electrons. The molecule has 0 aromatic carbocycles. The maximum Gasteiger partial charge on any atom is 0.193 e. The summed E-state index contributed by atoms with van der Waals surface area (Å²) in [6.07, 6.45) is 5.66. The van der Waals surface area contributed by atoms with Crippen LogP contribution in [-0.2, 0) is 0 Å². The summed E-state index contributed by atoms with van der Waals surface area (Å²) >= 11 is 0. The minimum absolute atomic E-state index is 0. The summed E-state index contributed by atoms with van der Waals surface area (Å²) in [7, 11) is 0. The van der Waals surface area contributed by atoms with Gasteiger partial charge in [-0.3, -0.25) is 9.89 Å². The smallest absolute Gasteiger partial charge is 0.193 e. The van der Waals surface area contributed by atoms with Crippen molar-refractivity contribution in [3.63, 3.8) is 0 Å². The molecule has 6 heteroatoms. The standard InChI is InChI=1S/C19H37N5.HI/c1-4-20-18(24-10-9-19(16-24)7-6-8-19)21-15-17(3)23-13-11-22(5-2)12-14-23;/h17H,4-16H2,1-3H3,(H,20,21);1H. The summed E-state index contributed by atoms with van der Waals surface area (Å²) in [4.78, 5) is 12.7. The number of piperazine rings is 1. The van der Waals surface area contributed by atoms with Crippen LogP contribution in [0.15, 0.2) is 4.99 Å². The number of likely N-dealkylation sites (tertiary alicyclic amines) is 1. The minimum atomic E-state index is 0. The maximum absolute atomic E-state index is 5.01. The Bertz CT molecular complexity index is 430. The van der Waals surface area contributed by atoms with E-state index in [1.54, 1.807) is 0 Å². The fourth-order valence-electron chi connectivity index (χ4n) is 4.48. The molecule has 0 amide bonds. The third-order valence-electron chi connectivity index (χ3n) is 6.47. The maximum atomic E-state index is 5.01. The van der Waals surface area contributed by atoms with Crippen LogP contribution in [0.25, 0.3) is 0 Å². The van der Waals surface area contributed by atoms with Crippen molar-refractivity contribution in [2.45, 2.75) is 52.5 Å². The second-order valence-corrected chi connectivity index (χ2v) is 8.04. The van der Waals surface area contributed by atoms with E-state index in [1.165, 1.54) is 71.5 Å². The van der Waals surface area contributed by atoms with Gasteiger partial charge in [-0.25, -0.2) is 0 Å². The average molecular weight is 463 g/mol. The molecule has 1 unspecified atom stereocenters. The summed E-state index contributed by atoms with van der Waals surface area (Å²) in [6.45, 7) is 17.0. The number of aliphatic imine (C=N–C) groups is 1. The summed E-state index contributed by atoms with van der Waals surface area (Å²) in [5.41, 5.74) is 0.637. The molecule has 3 aliphatic rings. The highest BCUT2D eigenvalue weighted by atomic mass is 127. The van der Waals surface area contributed by atoms with Gasteiger partial charge in [0.05, 0.1) is 6.54 Å². The Morgan fingerprint density at radius 3 is 2.32 bits per heavy atom. The Balaban J connectivity index is 0.00000225. The van der Waals surface area contributed by atoms with Crippen LogP contribution in [-0.4, -0.2) is 85.6 Å². The molecular weight excluding hydrogens is 425 g/mol. The lowest BCUT2D eigenvalue weighted by Gasteiger charge is -2.38. The highest BCUT2D eigenvalue weighted by Gasteiger charge is 2.43. The largest absolute Gasteiger partial charge is 0.357 e. The lowest BCUT2D eigenvalue weighted by atomic mass is 9.68. The molecule has 1 saturated carbocycles. The van der Waals surface area contributed by atoms with E-state index in [-0.39, 0.29) is 24.0 Å². The van der Waals surface area contributed by atoms with Crippen LogP contribution in [0.2, 0.25) is 0 Å². The summed E-state index contributed by atoms with van der Waals surface area (Å²) in [5.74, 6) is 1.15. The lowest BCUT2D eigenvalue weighted by Crippen LogP contribution is -2.50. The monoisotopic (exact) mass is 463 g/mol. The number of rotatable bonds is 5. The first kappa shape index (κ1) is 21.2. The van der Waals surface area contributed by atoms with Gasteiger partial charge in [0.2, 0.25) is 0 Å². The van der Waals surface area contributed by atoms with Gasteiger partial charge in [-0.1, -0.05) is 13.3 Å². The molecule has 1 aliphatic carbocycles. The Morgan fingerprint density at radius 2 is 1.80 bits per heavy atom. The Kier molecular flexibility index (Phi) is 8.27. The lowest BCUT2D eigenvalue weighted by molar-refractivity contribution is 0.109. The van der Waals surface area contributed by atoms with Crippen molar-refractivity contribution in [1.29, 1.82) is 0 Å². The summed E-state index contributed by atoms with van der Waals surface area (Å²) in [6, 6.07) is 0.540. The fraction of sp³-hybridized carbons (Fsp3) is 0.947. The molecule has 25 heavy (non-hydrogen) atoms. The van der Waals surface area contributed by atoms with Crippen LogP contribution < -0.4 is 5.32 Å². The molecule has 0 aromatic rings. The van der Waals surface area contributed by atoms with Crippen molar-refractivity contribution in [3.05, 3.63) is 0 Å². The van der Waals surface area contributed by atoms with Gasteiger partial charge in [-0.05, 0) is 45.1 Å². The SMILES string of the molecule is CCNC(=NCC(C)N1CCN(CC)CC1)N1CCC2(CCC2)C1.I. The molecule has 2 saturated heterocycles. The molecular formula is C19H38IN5. The Labute approximate surface area is 171 Å². The van der Waals surface area contributed by atoms with E-state index in [0.717, 1.165) is 19.0 Å². The first-order valence-electron chi connectivity index (χ1n) is 10.2.